The molecule has 0 bridgehead atoms. The Morgan fingerprint density at radius 1 is 1.43 bits per heavy atom. The average molecular weight is 318 g/mol. The van der Waals surface area contributed by atoms with E-state index in [0.717, 1.165) is 0 Å². The lowest BCUT2D eigenvalue weighted by Crippen LogP contribution is -2.45. The molecular weight excluding hydrogens is 299 g/mol. The summed E-state index contributed by atoms with van der Waals surface area (Å²) in [5, 5.41) is 0. The van der Waals surface area contributed by atoms with Crippen molar-refractivity contribution in [3.8, 4) is 11.5 Å². The third-order valence-electron chi connectivity index (χ3n) is 3.91. The first-order chi connectivity index (χ1) is 11.0. The van der Waals surface area contributed by atoms with Crippen LogP contribution in [0.25, 0.3) is 11.5 Å². The lowest BCUT2D eigenvalue weighted by Gasteiger charge is -2.31. The summed E-state index contributed by atoms with van der Waals surface area (Å²) in [5.74, 6) is 0.335. The van der Waals surface area contributed by atoms with Gasteiger partial charge >= 0.3 is 0 Å². The standard InChI is InChI=1S/C17H19FN2O3/c1-11-10-20(7-8-22-11)16(21)9-15-12(2)23-17(19-15)13-5-3-4-6-14(13)18/h3-6,11H,7-10H2,1-2H3. The third kappa shape index (κ3) is 3.42. The van der Waals surface area contributed by atoms with Crippen molar-refractivity contribution < 1.29 is 18.3 Å². The first-order valence-corrected chi connectivity index (χ1v) is 7.65. The molecule has 1 amide bonds. The van der Waals surface area contributed by atoms with Gasteiger partial charge in [-0.15, -0.1) is 0 Å². The van der Waals surface area contributed by atoms with E-state index in [2.05, 4.69) is 4.98 Å². The van der Waals surface area contributed by atoms with Gasteiger partial charge in [0.1, 0.15) is 11.6 Å². The van der Waals surface area contributed by atoms with Crippen LogP contribution in [0.3, 0.4) is 0 Å². The predicted molar refractivity (Wildman–Crippen MR) is 82.3 cm³/mol. The molecule has 3 rings (SSSR count). The van der Waals surface area contributed by atoms with Crippen LogP contribution in [-0.2, 0) is 16.0 Å². The van der Waals surface area contributed by atoms with Crippen molar-refractivity contribution in [2.45, 2.75) is 26.4 Å². The molecule has 0 N–H and O–H groups in total. The molecule has 1 aliphatic heterocycles. The van der Waals surface area contributed by atoms with E-state index in [4.69, 9.17) is 9.15 Å². The number of rotatable bonds is 3. The number of amides is 1. The molecular formula is C17H19FN2O3. The number of aryl methyl sites for hydroxylation is 1. The smallest absolute Gasteiger partial charge is 0.229 e. The Bertz CT molecular complexity index is 714. The third-order valence-corrected chi connectivity index (χ3v) is 3.91. The number of oxazole rings is 1. The second-order valence-electron chi connectivity index (χ2n) is 5.70. The maximum Gasteiger partial charge on any atom is 0.229 e. The monoisotopic (exact) mass is 318 g/mol. The molecule has 1 fully saturated rings. The fourth-order valence-electron chi connectivity index (χ4n) is 2.64. The summed E-state index contributed by atoms with van der Waals surface area (Å²) in [6.45, 7) is 5.39. The van der Waals surface area contributed by atoms with Crippen LogP contribution < -0.4 is 0 Å². The zero-order valence-electron chi connectivity index (χ0n) is 13.2. The number of carbonyl (C=O) groups excluding carboxylic acids is 1. The van der Waals surface area contributed by atoms with Crippen molar-refractivity contribution in [1.82, 2.24) is 9.88 Å². The van der Waals surface area contributed by atoms with Gasteiger partial charge in [0, 0.05) is 13.1 Å². The summed E-state index contributed by atoms with van der Waals surface area (Å²) in [6.07, 6.45) is 0.191. The van der Waals surface area contributed by atoms with Gasteiger partial charge in [0.15, 0.2) is 0 Å². The normalized spacial score (nSPS) is 18.2. The second kappa shape index (κ2) is 6.50. The topological polar surface area (TPSA) is 55.6 Å². The predicted octanol–water partition coefficient (Wildman–Crippen LogP) is 2.58. The van der Waals surface area contributed by atoms with Gasteiger partial charge in [-0.3, -0.25) is 4.79 Å². The van der Waals surface area contributed by atoms with E-state index < -0.39 is 5.82 Å². The van der Waals surface area contributed by atoms with Gasteiger partial charge in [-0.25, -0.2) is 9.37 Å². The van der Waals surface area contributed by atoms with E-state index in [1.165, 1.54) is 6.07 Å². The SMILES string of the molecule is Cc1oc(-c2ccccc2F)nc1CC(=O)N1CCOC(C)C1. The molecule has 5 nitrogen and oxygen atoms in total. The molecule has 1 saturated heterocycles. The zero-order valence-corrected chi connectivity index (χ0v) is 13.2. The van der Waals surface area contributed by atoms with Gasteiger partial charge in [0.2, 0.25) is 11.8 Å². The Morgan fingerprint density at radius 3 is 2.96 bits per heavy atom. The number of benzene rings is 1. The van der Waals surface area contributed by atoms with Crippen molar-refractivity contribution in [3.05, 3.63) is 41.5 Å². The fraction of sp³-hybridized carbons (Fsp3) is 0.412. The Morgan fingerprint density at radius 2 is 2.22 bits per heavy atom. The molecule has 0 spiro atoms. The van der Waals surface area contributed by atoms with Crippen LogP contribution in [0.2, 0.25) is 0 Å². The number of carbonyl (C=O) groups is 1. The Hall–Kier alpha value is -2.21. The van der Waals surface area contributed by atoms with Crippen LogP contribution in [0.1, 0.15) is 18.4 Å². The lowest BCUT2D eigenvalue weighted by molar-refractivity contribution is -0.137. The average Bonchev–Trinajstić information content (AvgIpc) is 2.88. The Balaban J connectivity index is 1.76. The van der Waals surface area contributed by atoms with E-state index in [1.807, 2.05) is 6.92 Å². The number of nitrogens with zero attached hydrogens (tertiary/aromatic N) is 2. The maximum atomic E-state index is 13.8. The molecule has 1 unspecified atom stereocenters. The quantitative estimate of drug-likeness (QED) is 0.873. The summed E-state index contributed by atoms with van der Waals surface area (Å²) in [5.41, 5.74) is 0.849. The number of aromatic nitrogens is 1. The molecule has 2 heterocycles. The van der Waals surface area contributed by atoms with Crippen molar-refractivity contribution in [1.29, 1.82) is 0 Å². The van der Waals surface area contributed by atoms with E-state index in [0.29, 0.717) is 36.7 Å². The van der Waals surface area contributed by atoms with Crippen LogP contribution in [0.15, 0.2) is 28.7 Å². The van der Waals surface area contributed by atoms with E-state index in [9.17, 15) is 9.18 Å². The number of morpholine rings is 1. The summed E-state index contributed by atoms with van der Waals surface area (Å²) < 4.78 is 24.8. The van der Waals surface area contributed by atoms with Crippen molar-refractivity contribution >= 4 is 5.91 Å². The van der Waals surface area contributed by atoms with Crippen LogP contribution >= 0.6 is 0 Å². The van der Waals surface area contributed by atoms with Crippen molar-refractivity contribution in [2.24, 2.45) is 0 Å². The molecule has 0 aliphatic carbocycles. The number of hydrogen-bond donors (Lipinski definition) is 0. The van der Waals surface area contributed by atoms with Gasteiger partial charge in [-0.1, -0.05) is 12.1 Å². The Labute approximate surface area is 134 Å². The summed E-state index contributed by atoms with van der Waals surface area (Å²) in [4.78, 5) is 18.5. The summed E-state index contributed by atoms with van der Waals surface area (Å²) in [7, 11) is 0. The molecule has 6 heteroatoms. The van der Waals surface area contributed by atoms with E-state index in [-0.39, 0.29) is 24.3 Å². The van der Waals surface area contributed by atoms with Crippen molar-refractivity contribution in [3.63, 3.8) is 0 Å². The minimum absolute atomic E-state index is 0.0170. The zero-order chi connectivity index (χ0) is 16.4. The van der Waals surface area contributed by atoms with Crippen LogP contribution in [0.5, 0.6) is 0 Å². The molecule has 0 saturated carbocycles. The minimum atomic E-state index is -0.395. The highest BCUT2D eigenvalue weighted by molar-refractivity contribution is 5.78. The Kier molecular flexibility index (Phi) is 4.43. The van der Waals surface area contributed by atoms with Gasteiger partial charge in [-0.05, 0) is 26.0 Å². The summed E-state index contributed by atoms with van der Waals surface area (Å²) >= 11 is 0. The lowest BCUT2D eigenvalue weighted by atomic mass is 10.2. The second-order valence-corrected chi connectivity index (χ2v) is 5.70. The van der Waals surface area contributed by atoms with Crippen LogP contribution in [0.4, 0.5) is 4.39 Å². The highest BCUT2D eigenvalue weighted by Crippen LogP contribution is 2.24. The van der Waals surface area contributed by atoms with E-state index in [1.54, 1.807) is 30.0 Å². The molecule has 2 aromatic rings. The molecule has 122 valence electrons. The molecule has 0 radical (unpaired) electrons. The largest absolute Gasteiger partial charge is 0.441 e. The van der Waals surface area contributed by atoms with Crippen LogP contribution in [-0.4, -0.2) is 41.6 Å². The maximum absolute atomic E-state index is 13.8. The molecule has 23 heavy (non-hydrogen) atoms. The van der Waals surface area contributed by atoms with Gasteiger partial charge in [0.25, 0.3) is 0 Å². The van der Waals surface area contributed by atoms with E-state index >= 15 is 0 Å². The molecule has 1 aromatic carbocycles. The molecule has 1 aliphatic rings. The summed E-state index contributed by atoms with van der Waals surface area (Å²) in [6, 6.07) is 6.29. The molecule has 1 aromatic heterocycles. The highest BCUT2D eigenvalue weighted by Gasteiger charge is 2.24. The minimum Gasteiger partial charge on any atom is -0.441 e. The number of hydrogen-bond acceptors (Lipinski definition) is 4. The van der Waals surface area contributed by atoms with Gasteiger partial charge in [0.05, 0.1) is 30.4 Å². The van der Waals surface area contributed by atoms with Gasteiger partial charge < -0.3 is 14.1 Å². The van der Waals surface area contributed by atoms with Gasteiger partial charge in [-0.2, -0.15) is 0 Å². The molecule has 1 atom stereocenters. The highest BCUT2D eigenvalue weighted by atomic mass is 19.1. The number of halogens is 1. The fourth-order valence-corrected chi connectivity index (χ4v) is 2.64. The van der Waals surface area contributed by atoms with Crippen LogP contribution in [0, 0.1) is 12.7 Å². The number of ether oxygens (including phenoxy) is 1. The first kappa shape index (κ1) is 15.7. The van der Waals surface area contributed by atoms with Crippen molar-refractivity contribution in [2.75, 3.05) is 19.7 Å². The first-order valence-electron chi connectivity index (χ1n) is 7.65.